The Hall–Kier alpha value is -2.59. The van der Waals surface area contributed by atoms with Gasteiger partial charge in [0.05, 0.1) is 10.8 Å². The molecule has 0 amide bonds. The molecule has 2 rings (SSSR count). The van der Waals surface area contributed by atoms with Gasteiger partial charge in [0.2, 0.25) is 0 Å². The number of aldehydes is 2. The molecule has 0 heterocycles. The van der Waals surface area contributed by atoms with Crippen molar-refractivity contribution in [2.45, 2.75) is 11.8 Å². The van der Waals surface area contributed by atoms with Gasteiger partial charge in [-0.15, -0.1) is 0 Å². The highest BCUT2D eigenvalue weighted by molar-refractivity contribution is 7.88. The van der Waals surface area contributed by atoms with E-state index in [-0.39, 0.29) is 0 Å². The summed E-state index contributed by atoms with van der Waals surface area (Å²) in [6.45, 7) is 1.96. The first-order chi connectivity index (χ1) is 11.2. The second-order valence-electron chi connectivity index (χ2n) is 4.88. The summed E-state index contributed by atoms with van der Waals surface area (Å²) in [5.74, 6) is 0. The molecule has 0 spiro atoms. The zero-order valence-corrected chi connectivity index (χ0v) is 13.5. The van der Waals surface area contributed by atoms with Gasteiger partial charge in [-0.3, -0.25) is 9.59 Å². The van der Waals surface area contributed by atoms with Gasteiger partial charge in [0.25, 0.3) is 0 Å². The van der Waals surface area contributed by atoms with E-state index < -0.39 is 10.8 Å². The standard InChI is InChI=1S/C19H16O3S/c1-15-6-8-18(9-7-15)23(22)13-11-16(10-12-20)19-5-3-2-4-17(19)14-21/h2-14H,1H3/b13-11-,16-10+. The highest BCUT2D eigenvalue weighted by Crippen LogP contribution is 2.20. The van der Waals surface area contributed by atoms with E-state index in [1.54, 1.807) is 42.5 Å². The van der Waals surface area contributed by atoms with Crippen LogP contribution in [0.15, 0.2) is 71.0 Å². The summed E-state index contributed by atoms with van der Waals surface area (Å²) < 4.78 is 12.3. The minimum atomic E-state index is -1.32. The maximum atomic E-state index is 12.3. The third kappa shape index (κ3) is 4.44. The zero-order chi connectivity index (χ0) is 16.7. The van der Waals surface area contributed by atoms with Crippen LogP contribution in [0.2, 0.25) is 0 Å². The van der Waals surface area contributed by atoms with E-state index in [2.05, 4.69) is 0 Å². The lowest BCUT2D eigenvalue weighted by molar-refractivity contribution is -0.104. The highest BCUT2D eigenvalue weighted by atomic mass is 32.2. The van der Waals surface area contributed by atoms with Crippen molar-refractivity contribution >= 4 is 28.9 Å². The van der Waals surface area contributed by atoms with Crippen LogP contribution in [0.25, 0.3) is 5.57 Å². The maximum Gasteiger partial charge on any atom is 0.150 e. The monoisotopic (exact) mass is 324 g/mol. The number of hydrogen-bond acceptors (Lipinski definition) is 3. The van der Waals surface area contributed by atoms with Crippen LogP contribution in [0.5, 0.6) is 0 Å². The van der Waals surface area contributed by atoms with Gasteiger partial charge in [-0.2, -0.15) is 0 Å². The van der Waals surface area contributed by atoms with E-state index in [9.17, 15) is 13.8 Å². The number of carbonyl (C=O) groups excluding carboxylic acids is 2. The van der Waals surface area contributed by atoms with Crippen LogP contribution in [0.4, 0.5) is 0 Å². The zero-order valence-electron chi connectivity index (χ0n) is 12.6. The number of carbonyl (C=O) groups is 2. The smallest absolute Gasteiger partial charge is 0.150 e. The average molecular weight is 324 g/mol. The van der Waals surface area contributed by atoms with Gasteiger partial charge in [0, 0.05) is 15.9 Å². The molecular formula is C19H16O3S. The maximum absolute atomic E-state index is 12.3. The van der Waals surface area contributed by atoms with E-state index in [1.165, 1.54) is 11.5 Å². The summed E-state index contributed by atoms with van der Waals surface area (Å²) in [7, 11) is -1.32. The number of allylic oxidation sites excluding steroid dienone is 3. The fourth-order valence-electron chi connectivity index (χ4n) is 2.06. The Labute approximate surface area is 137 Å². The summed E-state index contributed by atoms with van der Waals surface area (Å²) in [4.78, 5) is 22.7. The lowest BCUT2D eigenvalue weighted by Crippen LogP contribution is -1.92. The molecule has 0 aromatic heterocycles. The molecule has 116 valence electrons. The van der Waals surface area contributed by atoms with E-state index in [1.807, 2.05) is 19.1 Å². The first kappa shape index (κ1) is 16.8. The van der Waals surface area contributed by atoms with Crippen LogP contribution < -0.4 is 0 Å². The van der Waals surface area contributed by atoms with E-state index in [0.29, 0.717) is 27.9 Å². The van der Waals surface area contributed by atoms with E-state index in [0.717, 1.165) is 11.8 Å². The lowest BCUT2D eigenvalue weighted by Gasteiger charge is -2.05. The van der Waals surface area contributed by atoms with Gasteiger partial charge in [0.15, 0.2) is 6.29 Å². The van der Waals surface area contributed by atoms with Crippen molar-refractivity contribution in [1.82, 2.24) is 0 Å². The first-order valence-electron chi connectivity index (χ1n) is 7.01. The van der Waals surface area contributed by atoms with Crippen molar-refractivity contribution in [3.05, 3.63) is 82.8 Å². The normalized spacial score (nSPS) is 13.0. The van der Waals surface area contributed by atoms with Crippen molar-refractivity contribution in [2.75, 3.05) is 0 Å². The SMILES string of the molecule is Cc1ccc(S(=O)/C=C\C(=C/C=O)c2ccccc2C=O)cc1. The number of aryl methyl sites for hydroxylation is 1. The topological polar surface area (TPSA) is 51.2 Å². The molecule has 23 heavy (non-hydrogen) atoms. The van der Waals surface area contributed by atoms with Crippen molar-refractivity contribution < 1.29 is 13.8 Å². The molecule has 2 aromatic rings. The van der Waals surface area contributed by atoms with Crippen molar-refractivity contribution in [3.63, 3.8) is 0 Å². The van der Waals surface area contributed by atoms with E-state index >= 15 is 0 Å². The Morgan fingerprint density at radius 1 is 1.00 bits per heavy atom. The van der Waals surface area contributed by atoms with Crippen molar-refractivity contribution in [2.24, 2.45) is 0 Å². The summed E-state index contributed by atoms with van der Waals surface area (Å²) >= 11 is 0. The molecule has 0 saturated carbocycles. The molecule has 0 saturated heterocycles. The van der Waals surface area contributed by atoms with Crippen LogP contribution >= 0.6 is 0 Å². The Kier molecular flexibility index (Phi) is 5.94. The third-order valence-corrected chi connectivity index (χ3v) is 4.39. The molecule has 1 atom stereocenters. The minimum absolute atomic E-state index is 0.478. The molecule has 2 aromatic carbocycles. The van der Waals surface area contributed by atoms with Crippen molar-refractivity contribution in [3.8, 4) is 0 Å². The van der Waals surface area contributed by atoms with Crippen LogP contribution in [0.1, 0.15) is 21.5 Å². The van der Waals surface area contributed by atoms with Crippen LogP contribution in [0.3, 0.4) is 0 Å². The largest absolute Gasteiger partial charge is 0.299 e. The Morgan fingerprint density at radius 2 is 1.70 bits per heavy atom. The van der Waals surface area contributed by atoms with Gasteiger partial charge in [0.1, 0.15) is 6.29 Å². The third-order valence-electron chi connectivity index (χ3n) is 3.27. The molecular weight excluding hydrogens is 308 g/mol. The molecule has 0 aliphatic rings. The fourth-order valence-corrected chi connectivity index (χ4v) is 2.89. The first-order valence-corrected chi connectivity index (χ1v) is 8.22. The molecule has 0 aliphatic carbocycles. The average Bonchev–Trinajstić information content (AvgIpc) is 2.59. The van der Waals surface area contributed by atoms with Gasteiger partial charge in [-0.1, -0.05) is 42.0 Å². The molecule has 0 N–H and O–H groups in total. The summed E-state index contributed by atoms with van der Waals surface area (Å²) in [6, 6.07) is 14.3. The molecule has 3 nitrogen and oxygen atoms in total. The predicted molar refractivity (Wildman–Crippen MR) is 92.6 cm³/mol. The highest BCUT2D eigenvalue weighted by Gasteiger charge is 2.05. The van der Waals surface area contributed by atoms with Crippen molar-refractivity contribution in [1.29, 1.82) is 0 Å². The van der Waals surface area contributed by atoms with Gasteiger partial charge in [-0.05, 0) is 42.3 Å². The second-order valence-corrected chi connectivity index (χ2v) is 6.21. The molecule has 0 bridgehead atoms. The molecule has 0 aliphatic heterocycles. The number of benzene rings is 2. The van der Waals surface area contributed by atoms with Crippen LogP contribution in [0, 0.1) is 6.92 Å². The number of hydrogen-bond donors (Lipinski definition) is 0. The minimum Gasteiger partial charge on any atom is -0.299 e. The Morgan fingerprint density at radius 3 is 2.35 bits per heavy atom. The number of rotatable bonds is 6. The molecule has 4 heteroatoms. The quantitative estimate of drug-likeness (QED) is 0.462. The summed E-state index contributed by atoms with van der Waals surface area (Å²) in [5.41, 5.74) is 2.75. The second kappa shape index (κ2) is 8.15. The Bertz CT molecular complexity index is 787. The van der Waals surface area contributed by atoms with Gasteiger partial charge >= 0.3 is 0 Å². The van der Waals surface area contributed by atoms with Gasteiger partial charge in [-0.25, -0.2) is 4.21 Å². The summed E-state index contributed by atoms with van der Waals surface area (Å²) in [5, 5.41) is 1.52. The molecule has 0 radical (unpaired) electrons. The van der Waals surface area contributed by atoms with Crippen LogP contribution in [-0.4, -0.2) is 16.8 Å². The van der Waals surface area contributed by atoms with Gasteiger partial charge < -0.3 is 0 Å². The lowest BCUT2D eigenvalue weighted by atomic mass is 10.0. The predicted octanol–water partition coefficient (Wildman–Crippen LogP) is 3.71. The molecule has 0 fully saturated rings. The van der Waals surface area contributed by atoms with E-state index in [4.69, 9.17) is 0 Å². The van der Waals surface area contributed by atoms with Crippen LogP contribution in [-0.2, 0) is 15.6 Å². The summed E-state index contributed by atoms with van der Waals surface area (Å²) in [6.07, 6.45) is 4.34. The molecule has 1 unspecified atom stereocenters. The fraction of sp³-hybridized carbons (Fsp3) is 0.0526. The Balaban J connectivity index is 2.31.